The van der Waals surface area contributed by atoms with Crippen LogP contribution < -0.4 is 21.9 Å². The van der Waals surface area contributed by atoms with Crippen LogP contribution in [0.4, 0.5) is 5.69 Å². The van der Waals surface area contributed by atoms with Gasteiger partial charge in [0.05, 0.1) is 52.0 Å². The molecule has 0 spiro atoms. The lowest BCUT2D eigenvalue weighted by atomic mass is 9.90. The molecule has 2 aromatic heterocycles. The van der Waals surface area contributed by atoms with Crippen LogP contribution in [0.1, 0.15) is 35.2 Å². The Balaban J connectivity index is 1.08. The maximum atomic E-state index is 14.0. The van der Waals surface area contributed by atoms with E-state index in [9.17, 15) is 24.3 Å². The third-order valence-corrected chi connectivity index (χ3v) is 10.2. The van der Waals surface area contributed by atoms with Crippen molar-refractivity contribution in [2.24, 2.45) is 10.7 Å². The molecule has 0 saturated carbocycles. The van der Waals surface area contributed by atoms with E-state index in [-0.39, 0.29) is 74.4 Å². The van der Waals surface area contributed by atoms with Gasteiger partial charge < -0.3 is 31.3 Å². The van der Waals surface area contributed by atoms with Crippen LogP contribution in [0.2, 0.25) is 5.02 Å². The quantitative estimate of drug-likeness (QED) is 0.0737. The van der Waals surface area contributed by atoms with Crippen molar-refractivity contribution in [1.82, 2.24) is 29.7 Å². The number of nitrogens with zero attached hydrogens (tertiary/aromatic N) is 6. The lowest BCUT2D eigenvalue weighted by Crippen LogP contribution is -2.50. The van der Waals surface area contributed by atoms with E-state index in [0.29, 0.717) is 57.8 Å². The molecule has 0 atom stereocenters. The van der Waals surface area contributed by atoms with Crippen LogP contribution in [0.25, 0.3) is 21.8 Å². The second kappa shape index (κ2) is 18.3. The van der Waals surface area contributed by atoms with Gasteiger partial charge in [0, 0.05) is 73.8 Å². The van der Waals surface area contributed by atoms with Crippen molar-refractivity contribution in [1.29, 1.82) is 0 Å². The summed E-state index contributed by atoms with van der Waals surface area (Å²) in [4.78, 5) is 69.3. The maximum absolute atomic E-state index is 14.0. The van der Waals surface area contributed by atoms with Gasteiger partial charge in [0.15, 0.2) is 0 Å². The Morgan fingerprint density at radius 2 is 1.74 bits per heavy atom. The van der Waals surface area contributed by atoms with E-state index in [1.54, 1.807) is 53.6 Å². The van der Waals surface area contributed by atoms with E-state index in [1.807, 2.05) is 49.3 Å². The molecule has 5 aromatic rings. The highest BCUT2D eigenvalue weighted by Crippen LogP contribution is 2.26. The highest BCUT2D eigenvalue weighted by molar-refractivity contribution is 6.35. The number of nitrogens with two attached hydrogens (primary N) is 1. The number of benzene rings is 3. The van der Waals surface area contributed by atoms with E-state index >= 15 is 0 Å². The second-order valence-corrected chi connectivity index (χ2v) is 14.9. The van der Waals surface area contributed by atoms with Crippen LogP contribution in [0.15, 0.2) is 106 Å². The van der Waals surface area contributed by atoms with Gasteiger partial charge in [0.25, 0.3) is 17.4 Å². The number of halogens is 1. The third-order valence-electron chi connectivity index (χ3n) is 9.85. The summed E-state index contributed by atoms with van der Waals surface area (Å²) in [6.45, 7) is 1.46. The monoisotopic (exact) mass is 791 g/mol. The number of allylic oxidation sites excluding steroid dienone is 1. The zero-order valence-electron chi connectivity index (χ0n) is 32.0. The zero-order chi connectivity index (χ0) is 40.5. The van der Waals surface area contributed by atoms with E-state index in [2.05, 4.69) is 25.6 Å². The summed E-state index contributed by atoms with van der Waals surface area (Å²) in [6, 6.07) is 21.3. The minimum Gasteiger partial charge on any atom is -0.401 e. The molecule has 1 aliphatic heterocycles. The molecule has 0 radical (unpaired) electrons. The average molecular weight is 792 g/mol. The van der Waals surface area contributed by atoms with E-state index in [0.717, 1.165) is 10.9 Å². The molecule has 15 heteroatoms. The molecule has 3 heterocycles. The number of aliphatic imine (C=N–C) groups is 1. The fraction of sp³-hybridized carbons (Fsp3) is 0.310. The summed E-state index contributed by atoms with van der Waals surface area (Å²) in [5.41, 5.74) is 8.50. The molecule has 1 saturated heterocycles. The summed E-state index contributed by atoms with van der Waals surface area (Å²) in [7, 11) is 3.79. The number of fused-ring (bicyclic) bond motifs is 2. The topological polar surface area (TPSA) is 188 Å². The molecule has 0 aliphatic carbocycles. The fourth-order valence-electron chi connectivity index (χ4n) is 6.60. The lowest BCUT2D eigenvalue weighted by molar-refractivity contribution is -0.131. The predicted octanol–water partition coefficient (Wildman–Crippen LogP) is 3.80. The number of hydrogen-bond donors (Lipinski definition) is 4. The first-order valence-electron chi connectivity index (χ1n) is 18.7. The van der Waals surface area contributed by atoms with Crippen molar-refractivity contribution in [3.05, 3.63) is 123 Å². The van der Waals surface area contributed by atoms with Gasteiger partial charge in [0.2, 0.25) is 5.91 Å². The average Bonchev–Trinajstić information content (AvgIpc) is 3.20. The van der Waals surface area contributed by atoms with Gasteiger partial charge in [-0.25, -0.2) is 4.98 Å². The first-order chi connectivity index (χ1) is 27.4. The van der Waals surface area contributed by atoms with Crippen molar-refractivity contribution >= 4 is 63.0 Å². The SMILES string of the molecule is CN(C)CCC(=O)Nc1ccc2c(=O)n(CC3(O)CCN(C(=O)/C(C=NCCNC(=O)c4ccc5c(Cl)ccnc5c4)=C(/N)Cc4ccccc4)CC3)cnc2c1. The molecule has 1 fully saturated rings. The number of anilines is 1. The summed E-state index contributed by atoms with van der Waals surface area (Å²) in [5, 5.41) is 19.0. The number of aromatic nitrogens is 3. The van der Waals surface area contributed by atoms with E-state index < -0.39 is 5.60 Å². The largest absolute Gasteiger partial charge is 0.401 e. The van der Waals surface area contributed by atoms with Crippen molar-refractivity contribution in [3.8, 4) is 0 Å². The number of pyridine rings is 1. The second-order valence-electron chi connectivity index (χ2n) is 14.4. The number of likely N-dealkylation sites (tertiary alicyclic amines) is 1. The van der Waals surface area contributed by atoms with Gasteiger partial charge in [-0.2, -0.15) is 0 Å². The molecule has 6 rings (SSSR count). The Hall–Kier alpha value is -5.96. The molecule has 5 N–H and O–H groups in total. The van der Waals surface area contributed by atoms with Crippen molar-refractivity contribution in [2.45, 2.75) is 37.8 Å². The number of nitrogens with one attached hydrogen (secondary N) is 2. The minimum atomic E-state index is -1.27. The molecular weight excluding hydrogens is 746 g/mol. The molecule has 14 nitrogen and oxygen atoms in total. The van der Waals surface area contributed by atoms with Crippen LogP contribution in [0, 0.1) is 0 Å². The standard InChI is InChI=1S/C42H46ClN9O5/c1-50(2)19-13-38(53)49-30-9-11-32-37(24-30)48-27-52(40(32)55)26-42(57)14-20-51(21-15-42)41(56)33(35(44)22-28-6-4-3-5-7-28)25-45-17-18-47-39(54)29-8-10-31-34(43)12-16-46-36(31)23-29/h3-12,16,23-25,27,57H,13-15,17-22,26,44H2,1-2H3,(H,47,54)(H,49,53)/b35-33+,45-25?. The van der Waals surface area contributed by atoms with Crippen LogP contribution in [-0.2, 0) is 22.6 Å². The Morgan fingerprint density at radius 1 is 1.00 bits per heavy atom. The Bertz CT molecular complexity index is 2390. The van der Waals surface area contributed by atoms with Crippen LogP contribution in [0.5, 0.6) is 0 Å². The lowest BCUT2D eigenvalue weighted by Gasteiger charge is -2.38. The van der Waals surface area contributed by atoms with E-state index in [1.165, 1.54) is 17.1 Å². The van der Waals surface area contributed by atoms with Gasteiger partial charge in [-0.3, -0.25) is 33.7 Å². The van der Waals surface area contributed by atoms with Gasteiger partial charge >= 0.3 is 0 Å². The number of aliphatic hydroxyl groups is 1. The van der Waals surface area contributed by atoms with Crippen molar-refractivity contribution in [2.75, 3.05) is 52.1 Å². The predicted molar refractivity (Wildman–Crippen MR) is 222 cm³/mol. The number of amides is 3. The normalized spacial score (nSPS) is 14.6. The van der Waals surface area contributed by atoms with Gasteiger partial charge in [-0.05, 0) is 68.9 Å². The molecule has 1 aliphatic rings. The summed E-state index contributed by atoms with van der Waals surface area (Å²) >= 11 is 6.23. The van der Waals surface area contributed by atoms with Crippen molar-refractivity contribution < 1.29 is 19.5 Å². The van der Waals surface area contributed by atoms with Crippen LogP contribution in [-0.4, -0.2) is 106 Å². The molecule has 0 bridgehead atoms. The molecular formula is C42H46ClN9O5. The molecule has 0 unspecified atom stereocenters. The first kappa shape index (κ1) is 40.7. The summed E-state index contributed by atoms with van der Waals surface area (Å²) in [5.74, 6) is -0.756. The highest BCUT2D eigenvalue weighted by atomic mass is 35.5. The highest BCUT2D eigenvalue weighted by Gasteiger charge is 2.35. The summed E-state index contributed by atoms with van der Waals surface area (Å²) in [6.07, 6.45) is 5.53. The first-order valence-corrected chi connectivity index (χ1v) is 19.1. The smallest absolute Gasteiger partial charge is 0.261 e. The molecule has 296 valence electrons. The van der Waals surface area contributed by atoms with Gasteiger partial charge in [0.1, 0.15) is 0 Å². The Labute approximate surface area is 335 Å². The van der Waals surface area contributed by atoms with Crippen molar-refractivity contribution in [3.63, 3.8) is 0 Å². The Morgan fingerprint density at radius 3 is 2.49 bits per heavy atom. The number of piperidine rings is 1. The molecule has 3 aromatic carbocycles. The maximum Gasteiger partial charge on any atom is 0.261 e. The fourth-order valence-corrected chi connectivity index (χ4v) is 6.82. The van der Waals surface area contributed by atoms with Gasteiger partial charge in [-0.15, -0.1) is 0 Å². The molecule has 57 heavy (non-hydrogen) atoms. The zero-order valence-corrected chi connectivity index (χ0v) is 32.7. The number of rotatable bonds is 14. The van der Waals surface area contributed by atoms with Gasteiger partial charge in [-0.1, -0.05) is 48.0 Å². The molecule has 3 amide bonds. The van der Waals surface area contributed by atoms with Crippen LogP contribution in [0.3, 0.4) is 0 Å². The Kier molecular flexibility index (Phi) is 13.1. The number of hydrogen-bond acceptors (Lipinski definition) is 10. The van der Waals surface area contributed by atoms with E-state index in [4.69, 9.17) is 17.3 Å². The number of carbonyl (C=O) groups is 3. The third kappa shape index (κ3) is 10.5. The van der Waals surface area contributed by atoms with Crippen LogP contribution >= 0.6 is 11.6 Å². The summed E-state index contributed by atoms with van der Waals surface area (Å²) < 4.78 is 1.39. The minimum absolute atomic E-state index is 0.00465. The number of carbonyl (C=O) groups excluding carboxylic acids is 3.